The summed E-state index contributed by atoms with van der Waals surface area (Å²) in [5, 5.41) is 1.75. The lowest BCUT2D eigenvalue weighted by molar-refractivity contribution is -0.167. The van der Waals surface area contributed by atoms with E-state index in [1.807, 2.05) is 0 Å². The number of ether oxygens (including phenoxy) is 1. The molecule has 1 heterocycles. The molecule has 5 nitrogen and oxygen atoms in total. The molecule has 0 unspecified atom stereocenters. The highest BCUT2D eigenvalue weighted by Gasteiger charge is 2.38. The summed E-state index contributed by atoms with van der Waals surface area (Å²) in [6, 6.07) is 7.38. The first-order chi connectivity index (χ1) is 10.2. The average molecular weight is 311 g/mol. The molecule has 22 heavy (non-hydrogen) atoms. The summed E-state index contributed by atoms with van der Waals surface area (Å²) in [4.78, 5) is 19.0. The van der Waals surface area contributed by atoms with Gasteiger partial charge in [-0.25, -0.2) is 9.97 Å². The molecule has 0 aliphatic rings. The van der Waals surface area contributed by atoms with Crippen LogP contribution in [0.1, 0.15) is 11.4 Å². The fourth-order valence-electron chi connectivity index (χ4n) is 1.68. The fraction of sp³-hybridized carbons (Fsp3) is 0.214. The summed E-state index contributed by atoms with van der Waals surface area (Å²) in [7, 11) is 0. The Hall–Kier alpha value is -2.64. The molecule has 0 aliphatic carbocycles. The van der Waals surface area contributed by atoms with Crippen LogP contribution >= 0.6 is 0 Å². The van der Waals surface area contributed by atoms with Crippen LogP contribution < -0.4 is 10.1 Å². The Kier molecular flexibility index (Phi) is 4.30. The van der Waals surface area contributed by atoms with Gasteiger partial charge in [0.25, 0.3) is 0 Å². The van der Waals surface area contributed by atoms with Gasteiger partial charge in [-0.3, -0.25) is 4.79 Å². The zero-order chi connectivity index (χ0) is 16.3. The molecule has 0 saturated heterocycles. The predicted octanol–water partition coefficient (Wildman–Crippen LogP) is 3.39. The number of benzene rings is 1. The third-order valence-electron chi connectivity index (χ3n) is 2.52. The number of halogens is 3. The molecule has 0 aliphatic heterocycles. The topological polar surface area (TPSA) is 64.1 Å². The van der Waals surface area contributed by atoms with Gasteiger partial charge in [-0.15, -0.1) is 0 Å². The minimum Gasteiger partial charge on any atom is -0.424 e. The number of anilines is 1. The van der Waals surface area contributed by atoms with Gasteiger partial charge >= 0.3 is 18.1 Å². The van der Waals surface area contributed by atoms with Crippen LogP contribution in [0, 0.1) is 13.8 Å². The molecule has 8 heteroatoms. The standard InChI is InChI=1S/C14H12F3N3O2/c1-8-6-9(2)19-13(18-8)22-11-5-3-4-10(7-11)20-12(21)14(15,16)17/h3-7H,1-2H3,(H,20,21). The van der Waals surface area contributed by atoms with Gasteiger partial charge in [-0.2, -0.15) is 13.2 Å². The maximum atomic E-state index is 12.2. The lowest BCUT2D eigenvalue weighted by atomic mass is 10.3. The number of nitrogens with one attached hydrogen (secondary N) is 1. The smallest absolute Gasteiger partial charge is 0.424 e. The third kappa shape index (κ3) is 4.18. The van der Waals surface area contributed by atoms with Gasteiger partial charge in [0.15, 0.2) is 0 Å². The minimum absolute atomic E-state index is 0.0378. The molecule has 2 aromatic rings. The van der Waals surface area contributed by atoms with Crippen molar-refractivity contribution in [3.63, 3.8) is 0 Å². The molecule has 1 aromatic heterocycles. The van der Waals surface area contributed by atoms with Crippen molar-refractivity contribution in [2.24, 2.45) is 0 Å². The van der Waals surface area contributed by atoms with Crippen molar-refractivity contribution < 1.29 is 22.7 Å². The second-order valence-electron chi connectivity index (χ2n) is 4.52. The Balaban J connectivity index is 2.16. The third-order valence-corrected chi connectivity index (χ3v) is 2.52. The quantitative estimate of drug-likeness (QED) is 0.943. The van der Waals surface area contributed by atoms with Crippen LogP contribution in [-0.2, 0) is 4.79 Å². The van der Waals surface area contributed by atoms with E-state index in [0.29, 0.717) is 11.4 Å². The van der Waals surface area contributed by atoms with Gasteiger partial charge in [-0.05, 0) is 32.0 Å². The molecule has 0 saturated carbocycles. The lowest BCUT2D eigenvalue weighted by Crippen LogP contribution is -2.29. The van der Waals surface area contributed by atoms with E-state index < -0.39 is 12.1 Å². The van der Waals surface area contributed by atoms with E-state index in [9.17, 15) is 18.0 Å². The summed E-state index contributed by atoms with van der Waals surface area (Å²) >= 11 is 0. The van der Waals surface area contributed by atoms with E-state index in [4.69, 9.17) is 4.74 Å². The van der Waals surface area contributed by atoms with Gasteiger partial charge in [0.2, 0.25) is 0 Å². The number of nitrogens with zero attached hydrogens (tertiary/aromatic N) is 2. The van der Waals surface area contributed by atoms with E-state index in [1.165, 1.54) is 24.3 Å². The monoisotopic (exact) mass is 311 g/mol. The van der Waals surface area contributed by atoms with Crippen LogP contribution in [0.4, 0.5) is 18.9 Å². The predicted molar refractivity (Wildman–Crippen MR) is 72.7 cm³/mol. The van der Waals surface area contributed by atoms with Gasteiger partial charge < -0.3 is 10.1 Å². The Morgan fingerprint density at radius 1 is 1.14 bits per heavy atom. The molecule has 116 valence electrons. The van der Waals surface area contributed by atoms with E-state index in [1.54, 1.807) is 25.2 Å². The average Bonchev–Trinajstić information content (AvgIpc) is 2.36. The number of rotatable bonds is 3. The van der Waals surface area contributed by atoms with Gasteiger partial charge in [0, 0.05) is 23.1 Å². The Morgan fingerprint density at radius 3 is 2.36 bits per heavy atom. The second-order valence-corrected chi connectivity index (χ2v) is 4.52. The largest absolute Gasteiger partial charge is 0.471 e. The first-order valence-corrected chi connectivity index (χ1v) is 6.22. The van der Waals surface area contributed by atoms with Crippen molar-refractivity contribution in [1.29, 1.82) is 0 Å². The number of hydrogen-bond donors (Lipinski definition) is 1. The lowest BCUT2D eigenvalue weighted by Gasteiger charge is -2.10. The maximum Gasteiger partial charge on any atom is 0.471 e. The van der Waals surface area contributed by atoms with Crippen LogP contribution in [0.15, 0.2) is 30.3 Å². The van der Waals surface area contributed by atoms with Crippen LogP contribution in [0.3, 0.4) is 0 Å². The van der Waals surface area contributed by atoms with E-state index in [0.717, 1.165) is 0 Å². The molecular weight excluding hydrogens is 299 g/mol. The zero-order valence-electron chi connectivity index (χ0n) is 11.7. The van der Waals surface area contributed by atoms with Crippen LogP contribution in [-0.4, -0.2) is 22.1 Å². The molecule has 0 atom stereocenters. The first kappa shape index (κ1) is 15.7. The molecule has 1 N–H and O–H groups in total. The van der Waals surface area contributed by atoms with E-state index in [-0.39, 0.29) is 17.4 Å². The fourth-order valence-corrected chi connectivity index (χ4v) is 1.68. The second kappa shape index (κ2) is 6.00. The molecule has 0 spiro atoms. The van der Waals surface area contributed by atoms with Crippen molar-refractivity contribution in [3.8, 4) is 11.8 Å². The molecule has 1 aromatic carbocycles. The van der Waals surface area contributed by atoms with Gasteiger partial charge in [0.1, 0.15) is 5.75 Å². The Labute approximate surface area is 124 Å². The summed E-state index contributed by atoms with van der Waals surface area (Å²) in [6.07, 6.45) is -4.95. The van der Waals surface area contributed by atoms with Gasteiger partial charge in [-0.1, -0.05) is 6.07 Å². The van der Waals surface area contributed by atoms with E-state index in [2.05, 4.69) is 9.97 Å². The molecule has 2 rings (SSSR count). The van der Waals surface area contributed by atoms with Crippen molar-refractivity contribution in [2.45, 2.75) is 20.0 Å². The SMILES string of the molecule is Cc1cc(C)nc(Oc2cccc(NC(=O)C(F)(F)F)c2)n1. The summed E-state index contributed by atoms with van der Waals surface area (Å²) in [6.45, 7) is 3.53. The molecule has 0 radical (unpaired) electrons. The number of hydrogen-bond acceptors (Lipinski definition) is 4. The highest BCUT2D eigenvalue weighted by atomic mass is 19.4. The minimum atomic E-state index is -4.95. The maximum absolute atomic E-state index is 12.2. The van der Waals surface area contributed by atoms with Crippen LogP contribution in [0.5, 0.6) is 11.8 Å². The normalized spacial score (nSPS) is 11.1. The molecule has 1 amide bonds. The Morgan fingerprint density at radius 2 is 1.77 bits per heavy atom. The molecule has 0 fully saturated rings. The van der Waals surface area contributed by atoms with Crippen molar-refractivity contribution in [3.05, 3.63) is 41.7 Å². The number of aryl methyl sites for hydroxylation is 2. The number of carbonyl (C=O) groups excluding carboxylic acids is 1. The number of amides is 1. The number of alkyl halides is 3. The summed E-state index contributed by atoms with van der Waals surface area (Å²) in [5.74, 6) is -1.84. The van der Waals surface area contributed by atoms with Gasteiger partial charge in [0.05, 0.1) is 0 Å². The summed E-state index contributed by atoms with van der Waals surface area (Å²) in [5.41, 5.74) is 1.36. The van der Waals surface area contributed by atoms with Crippen molar-refractivity contribution in [2.75, 3.05) is 5.32 Å². The Bertz CT molecular complexity index is 682. The summed E-state index contributed by atoms with van der Waals surface area (Å²) < 4.78 is 42.0. The van der Waals surface area contributed by atoms with Crippen LogP contribution in [0.2, 0.25) is 0 Å². The number of carbonyl (C=O) groups is 1. The molecular formula is C14H12F3N3O2. The van der Waals surface area contributed by atoms with E-state index >= 15 is 0 Å². The number of aromatic nitrogens is 2. The van der Waals surface area contributed by atoms with Crippen molar-refractivity contribution >= 4 is 11.6 Å². The van der Waals surface area contributed by atoms with Crippen molar-refractivity contribution in [1.82, 2.24) is 9.97 Å². The zero-order valence-corrected chi connectivity index (χ0v) is 11.7. The van der Waals surface area contributed by atoms with Crippen LogP contribution in [0.25, 0.3) is 0 Å². The molecule has 0 bridgehead atoms. The highest BCUT2D eigenvalue weighted by molar-refractivity contribution is 5.95. The highest BCUT2D eigenvalue weighted by Crippen LogP contribution is 2.24. The first-order valence-electron chi connectivity index (χ1n) is 6.22.